The number of nitrogens with two attached hydrogens (primary N) is 1. The highest BCUT2D eigenvalue weighted by Gasteiger charge is 2.20. The van der Waals surface area contributed by atoms with Crippen molar-refractivity contribution in [2.45, 2.75) is 26.8 Å². The lowest BCUT2D eigenvalue weighted by molar-refractivity contribution is 0.0701. The van der Waals surface area contributed by atoms with E-state index >= 15 is 0 Å². The van der Waals surface area contributed by atoms with E-state index in [1.807, 2.05) is 6.92 Å². The fourth-order valence-corrected chi connectivity index (χ4v) is 1.38. The Labute approximate surface area is 96.5 Å². The molecule has 0 fully saturated rings. The number of carbonyl (C=O) groups is 1. The van der Waals surface area contributed by atoms with Gasteiger partial charge in [0.25, 0.3) is 5.91 Å². The van der Waals surface area contributed by atoms with Crippen LogP contribution in [0.4, 0.5) is 5.69 Å². The predicted molar refractivity (Wildman–Crippen MR) is 65.0 cm³/mol. The standard InChI is InChI=1S/C12H19N3O/c1-8(2)9(3)15(4)12(16)11-7-10(13)5-6-14-11/h5-9H,1-4H3,(H2,13,14). The molecule has 4 nitrogen and oxygen atoms in total. The highest BCUT2D eigenvalue weighted by Crippen LogP contribution is 2.12. The molecule has 0 aromatic carbocycles. The summed E-state index contributed by atoms with van der Waals surface area (Å²) in [5.74, 6) is 0.323. The molecule has 1 rings (SSSR count). The molecule has 0 radical (unpaired) electrons. The largest absolute Gasteiger partial charge is 0.399 e. The molecular formula is C12H19N3O. The van der Waals surface area contributed by atoms with Crippen molar-refractivity contribution in [1.29, 1.82) is 0 Å². The average Bonchev–Trinajstić information content (AvgIpc) is 2.26. The summed E-state index contributed by atoms with van der Waals surface area (Å²) in [4.78, 5) is 17.8. The summed E-state index contributed by atoms with van der Waals surface area (Å²) >= 11 is 0. The van der Waals surface area contributed by atoms with Gasteiger partial charge in [-0.3, -0.25) is 9.78 Å². The molecule has 0 spiro atoms. The van der Waals surface area contributed by atoms with Gasteiger partial charge in [-0.25, -0.2) is 0 Å². The van der Waals surface area contributed by atoms with Crippen molar-refractivity contribution in [2.24, 2.45) is 5.92 Å². The second kappa shape index (κ2) is 4.96. The average molecular weight is 221 g/mol. The smallest absolute Gasteiger partial charge is 0.272 e. The first kappa shape index (κ1) is 12.5. The summed E-state index contributed by atoms with van der Waals surface area (Å²) in [6.07, 6.45) is 1.55. The summed E-state index contributed by atoms with van der Waals surface area (Å²) in [7, 11) is 1.79. The topological polar surface area (TPSA) is 59.2 Å². The van der Waals surface area contributed by atoms with Crippen molar-refractivity contribution < 1.29 is 4.79 Å². The minimum absolute atomic E-state index is 0.0894. The van der Waals surface area contributed by atoms with Gasteiger partial charge in [-0.15, -0.1) is 0 Å². The maximum absolute atomic E-state index is 12.1. The second-order valence-corrected chi connectivity index (χ2v) is 4.38. The highest BCUT2D eigenvalue weighted by atomic mass is 16.2. The minimum atomic E-state index is -0.0894. The van der Waals surface area contributed by atoms with Crippen LogP contribution in [0.25, 0.3) is 0 Å². The van der Waals surface area contributed by atoms with Gasteiger partial charge >= 0.3 is 0 Å². The zero-order valence-electron chi connectivity index (χ0n) is 10.3. The van der Waals surface area contributed by atoms with Crippen molar-refractivity contribution in [1.82, 2.24) is 9.88 Å². The van der Waals surface area contributed by atoms with Gasteiger partial charge in [0.15, 0.2) is 0 Å². The molecule has 0 aliphatic heterocycles. The first-order chi connectivity index (χ1) is 7.43. The first-order valence-electron chi connectivity index (χ1n) is 5.42. The Hall–Kier alpha value is -1.58. The number of amides is 1. The monoisotopic (exact) mass is 221 g/mol. The van der Waals surface area contributed by atoms with Gasteiger partial charge in [0, 0.05) is 25.0 Å². The molecule has 1 atom stereocenters. The molecule has 1 aromatic rings. The van der Waals surface area contributed by atoms with Crippen molar-refractivity contribution in [2.75, 3.05) is 12.8 Å². The van der Waals surface area contributed by atoms with E-state index in [9.17, 15) is 4.79 Å². The van der Waals surface area contributed by atoms with Gasteiger partial charge in [0.05, 0.1) is 0 Å². The van der Waals surface area contributed by atoms with Crippen LogP contribution in [0, 0.1) is 5.92 Å². The van der Waals surface area contributed by atoms with Crippen LogP contribution in [0.5, 0.6) is 0 Å². The van der Waals surface area contributed by atoms with Crippen LogP contribution in [0.3, 0.4) is 0 Å². The van der Waals surface area contributed by atoms with Gasteiger partial charge in [-0.05, 0) is 25.0 Å². The quantitative estimate of drug-likeness (QED) is 0.846. The lowest BCUT2D eigenvalue weighted by Gasteiger charge is -2.27. The molecule has 1 heterocycles. The summed E-state index contributed by atoms with van der Waals surface area (Å²) < 4.78 is 0. The van der Waals surface area contributed by atoms with E-state index < -0.39 is 0 Å². The Bertz CT molecular complexity index is 376. The predicted octanol–water partition coefficient (Wildman–Crippen LogP) is 1.78. The minimum Gasteiger partial charge on any atom is -0.399 e. The number of rotatable bonds is 3. The van der Waals surface area contributed by atoms with Crippen molar-refractivity contribution in [3.05, 3.63) is 24.0 Å². The number of hydrogen-bond acceptors (Lipinski definition) is 3. The van der Waals surface area contributed by atoms with E-state index in [1.54, 1.807) is 30.3 Å². The van der Waals surface area contributed by atoms with Gasteiger partial charge in [0.2, 0.25) is 0 Å². The molecular weight excluding hydrogens is 202 g/mol. The summed E-state index contributed by atoms with van der Waals surface area (Å²) in [6, 6.07) is 3.45. The number of aromatic nitrogens is 1. The molecule has 1 aromatic heterocycles. The normalized spacial score (nSPS) is 12.6. The Kier molecular flexibility index (Phi) is 3.88. The molecule has 0 aliphatic rings. The molecule has 0 aliphatic carbocycles. The van der Waals surface area contributed by atoms with Crippen LogP contribution in [-0.4, -0.2) is 28.9 Å². The molecule has 1 unspecified atom stereocenters. The van der Waals surface area contributed by atoms with Gasteiger partial charge < -0.3 is 10.6 Å². The summed E-state index contributed by atoms with van der Waals surface area (Å²) in [5, 5.41) is 0. The Morgan fingerprint density at radius 3 is 2.56 bits per heavy atom. The van der Waals surface area contributed by atoms with Gasteiger partial charge in [-0.2, -0.15) is 0 Å². The number of pyridine rings is 1. The van der Waals surface area contributed by atoms with E-state index in [4.69, 9.17) is 5.73 Å². The zero-order valence-corrected chi connectivity index (χ0v) is 10.3. The third kappa shape index (κ3) is 2.72. The van der Waals surface area contributed by atoms with Gasteiger partial charge in [0.1, 0.15) is 5.69 Å². The Balaban J connectivity index is 2.86. The van der Waals surface area contributed by atoms with Crippen molar-refractivity contribution in [3.8, 4) is 0 Å². The number of anilines is 1. The Morgan fingerprint density at radius 1 is 1.44 bits per heavy atom. The van der Waals surface area contributed by atoms with E-state index in [2.05, 4.69) is 18.8 Å². The zero-order chi connectivity index (χ0) is 12.3. The third-order valence-electron chi connectivity index (χ3n) is 2.90. The fraction of sp³-hybridized carbons (Fsp3) is 0.500. The molecule has 16 heavy (non-hydrogen) atoms. The lowest BCUT2D eigenvalue weighted by Crippen LogP contribution is -2.38. The maximum atomic E-state index is 12.1. The molecule has 88 valence electrons. The van der Waals surface area contributed by atoms with Crippen LogP contribution in [-0.2, 0) is 0 Å². The van der Waals surface area contributed by atoms with Crippen LogP contribution in [0.1, 0.15) is 31.3 Å². The number of carbonyl (C=O) groups excluding carboxylic acids is 1. The van der Waals surface area contributed by atoms with Crippen LogP contribution >= 0.6 is 0 Å². The van der Waals surface area contributed by atoms with Crippen molar-refractivity contribution >= 4 is 11.6 Å². The van der Waals surface area contributed by atoms with Crippen LogP contribution in [0.15, 0.2) is 18.3 Å². The van der Waals surface area contributed by atoms with Crippen molar-refractivity contribution in [3.63, 3.8) is 0 Å². The highest BCUT2D eigenvalue weighted by molar-refractivity contribution is 5.93. The second-order valence-electron chi connectivity index (χ2n) is 4.38. The molecule has 4 heteroatoms. The number of hydrogen-bond donors (Lipinski definition) is 1. The van der Waals surface area contributed by atoms with E-state index in [0.717, 1.165) is 0 Å². The fourth-order valence-electron chi connectivity index (χ4n) is 1.38. The van der Waals surface area contributed by atoms with Crippen LogP contribution in [0.2, 0.25) is 0 Å². The third-order valence-corrected chi connectivity index (χ3v) is 2.90. The molecule has 0 saturated carbocycles. The Morgan fingerprint density at radius 2 is 2.06 bits per heavy atom. The SMILES string of the molecule is CC(C)C(C)N(C)C(=O)c1cc(N)ccn1. The van der Waals surface area contributed by atoms with Gasteiger partial charge in [-0.1, -0.05) is 13.8 Å². The van der Waals surface area contributed by atoms with E-state index in [0.29, 0.717) is 17.3 Å². The number of nitrogens with zero attached hydrogens (tertiary/aromatic N) is 2. The summed E-state index contributed by atoms with van der Waals surface area (Å²) in [5.41, 5.74) is 6.58. The van der Waals surface area contributed by atoms with E-state index in [-0.39, 0.29) is 11.9 Å². The summed E-state index contributed by atoms with van der Waals surface area (Å²) in [6.45, 7) is 6.19. The van der Waals surface area contributed by atoms with Crippen LogP contribution < -0.4 is 5.73 Å². The number of nitrogen functional groups attached to an aromatic ring is 1. The maximum Gasteiger partial charge on any atom is 0.272 e. The lowest BCUT2D eigenvalue weighted by atomic mass is 10.0. The molecule has 2 N–H and O–H groups in total. The molecule has 0 bridgehead atoms. The van der Waals surface area contributed by atoms with E-state index in [1.165, 1.54) is 0 Å². The first-order valence-corrected chi connectivity index (χ1v) is 5.42. The molecule has 1 amide bonds. The molecule has 0 saturated heterocycles.